The van der Waals surface area contributed by atoms with E-state index in [4.69, 9.17) is 15.3 Å². The normalized spacial score (nSPS) is 13.4. The number of rotatable bonds is 1. The number of hydrogen-bond acceptors (Lipinski definition) is 4. The number of aromatic nitrogens is 1. The van der Waals surface area contributed by atoms with Crippen molar-refractivity contribution in [1.29, 1.82) is 0 Å². The van der Waals surface area contributed by atoms with Gasteiger partial charge in [0.05, 0.1) is 5.52 Å². The fourth-order valence-electron chi connectivity index (χ4n) is 1.33. The van der Waals surface area contributed by atoms with E-state index in [9.17, 15) is 4.79 Å². The van der Waals surface area contributed by atoms with Crippen molar-refractivity contribution in [3.05, 3.63) is 34.3 Å². The van der Waals surface area contributed by atoms with E-state index >= 15 is 0 Å². The van der Waals surface area contributed by atoms with Crippen LogP contribution in [0.15, 0.2) is 27.4 Å². The van der Waals surface area contributed by atoms with Crippen LogP contribution in [-0.4, -0.2) is 9.67 Å². The van der Waals surface area contributed by atoms with Crippen LogP contribution >= 0.6 is 0 Å². The van der Waals surface area contributed by atoms with Crippen LogP contribution in [0.2, 0.25) is 0 Å². The van der Waals surface area contributed by atoms with Gasteiger partial charge >= 0.3 is 5.76 Å². The van der Waals surface area contributed by atoms with Crippen molar-refractivity contribution in [2.24, 2.45) is 12.8 Å². The Hall–Kier alpha value is -1.59. The summed E-state index contributed by atoms with van der Waals surface area (Å²) in [5.41, 5.74) is 6.96. The predicted octanol–water partition coefficient (Wildman–Crippen LogP) is 0.0811. The van der Waals surface area contributed by atoms with Crippen molar-refractivity contribution in [3.8, 4) is 0 Å². The number of hydrogen-bond donors (Lipinski definition) is 2. The molecule has 5 nitrogen and oxygen atoms in total. The molecule has 14 heavy (non-hydrogen) atoms. The van der Waals surface area contributed by atoms with Gasteiger partial charge in [-0.1, -0.05) is 6.07 Å². The van der Waals surface area contributed by atoms with Crippen LogP contribution in [-0.2, 0) is 7.05 Å². The van der Waals surface area contributed by atoms with Gasteiger partial charge in [0.15, 0.2) is 5.58 Å². The lowest BCUT2D eigenvalue weighted by molar-refractivity contribution is 0.186. The predicted molar refractivity (Wildman–Crippen MR) is 50.6 cm³/mol. The molecule has 74 valence electrons. The molecule has 0 amide bonds. The van der Waals surface area contributed by atoms with Crippen LogP contribution in [0, 0.1) is 0 Å². The van der Waals surface area contributed by atoms with E-state index in [1.807, 2.05) is 0 Å². The molecule has 2 aromatic rings. The van der Waals surface area contributed by atoms with Gasteiger partial charge in [0.2, 0.25) is 0 Å². The van der Waals surface area contributed by atoms with Gasteiger partial charge in [0.1, 0.15) is 6.23 Å². The molecule has 1 heterocycles. The molecule has 0 aliphatic rings. The van der Waals surface area contributed by atoms with Crippen LogP contribution in [0.1, 0.15) is 11.8 Å². The van der Waals surface area contributed by atoms with E-state index < -0.39 is 12.0 Å². The van der Waals surface area contributed by atoms with Crippen molar-refractivity contribution in [2.75, 3.05) is 0 Å². The lowest BCUT2D eigenvalue weighted by Gasteiger charge is -2.03. The second-order valence-corrected chi connectivity index (χ2v) is 3.10. The topological polar surface area (TPSA) is 81.4 Å². The fraction of sp³-hybridized carbons (Fsp3) is 0.222. The average Bonchev–Trinajstić information content (AvgIpc) is 2.43. The molecule has 1 atom stereocenters. The first-order valence-corrected chi connectivity index (χ1v) is 4.13. The third-order valence-electron chi connectivity index (χ3n) is 2.16. The highest BCUT2D eigenvalue weighted by molar-refractivity contribution is 5.73. The lowest BCUT2D eigenvalue weighted by atomic mass is 10.2. The zero-order chi connectivity index (χ0) is 10.3. The monoisotopic (exact) mass is 194 g/mol. The van der Waals surface area contributed by atoms with Crippen molar-refractivity contribution >= 4 is 11.1 Å². The van der Waals surface area contributed by atoms with Crippen molar-refractivity contribution in [3.63, 3.8) is 0 Å². The highest BCUT2D eigenvalue weighted by Gasteiger charge is 2.08. The molecular weight excluding hydrogens is 184 g/mol. The maximum absolute atomic E-state index is 11.1. The van der Waals surface area contributed by atoms with Crippen LogP contribution in [0.25, 0.3) is 11.1 Å². The second-order valence-electron chi connectivity index (χ2n) is 3.10. The van der Waals surface area contributed by atoms with E-state index in [1.54, 1.807) is 25.2 Å². The van der Waals surface area contributed by atoms with Crippen LogP contribution < -0.4 is 11.5 Å². The Morgan fingerprint density at radius 2 is 2.29 bits per heavy atom. The van der Waals surface area contributed by atoms with E-state index in [2.05, 4.69) is 0 Å². The zero-order valence-corrected chi connectivity index (χ0v) is 7.60. The van der Waals surface area contributed by atoms with Crippen molar-refractivity contribution in [1.82, 2.24) is 4.57 Å². The maximum atomic E-state index is 11.1. The Labute approximate surface area is 79.4 Å². The van der Waals surface area contributed by atoms with Crippen molar-refractivity contribution in [2.45, 2.75) is 6.23 Å². The maximum Gasteiger partial charge on any atom is 0.419 e. The van der Waals surface area contributed by atoms with Crippen LogP contribution in [0.4, 0.5) is 0 Å². The molecule has 0 aliphatic carbocycles. The Bertz CT molecular complexity index is 524. The van der Waals surface area contributed by atoms with E-state index in [-0.39, 0.29) is 0 Å². The molecule has 0 spiro atoms. The van der Waals surface area contributed by atoms with Gasteiger partial charge in [0.25, 0.3) is 0 Å². The van der Waals surface area contributed by atoms with E-state index in [0.717, 1.165) is 0 Å². The van der Waals surface area contributed by atoms with Crippen LogP contribution in [0.3, 0.4) is 0 Å². The lowest BCUT2D eigenvalue weighted by Crippen LogP contribution is -2.10. The summed E-state index contributed by atoms with van der Waals surface area (Å²) in [5.74, 6) is -0.427. The van der Waals surface area contributed by atoms with Gasteiger partial charge in [0, 0.05) is 7.05 Å². The molecule has 0 saturated carbocycles. The molecule has 0 fully saturated rings. The Morgan fingerprint density at radius 3 is 2.93 bits per heavy atom. The largest absolute Gasteiger partial charge is 0.419 e. The fourth-order valence-corrected chi connectivity index (χ4v) is 1.33. The molecular formula is C9H10N2O3. The molecule has 3 N–H and O–H groups in total. The minimum atomic E-state index is -1.04. The summed E-state index contributed by atoms with van der Waals surface area (Å²) < 4.78 is 6.28. The standard InChI is InChI=1S/C9H10N2O3/c1-11-6-4-5(8(10)12)2-3-7(6)14-9(11)13/h2-4,8,12H,10H2,1H3. The van der Waals surface area contributed by atoms with Gasteiger partial charge in [-0.25, -0.2) is 4.79 Å². The summed E-state index contributed by atoms with van der Waals surface area (Å²) in [4.78, 5) is 11.1. The molecule has 1 aromatic heterocycles. The minimum absolute atomic E-state index is 0.427. The Kier molecular flexibility index (Phi) is 1.90. The van der Waals surface area contributed by atoms with Gasteiger partial charge in [-0.15, -0.1) is 0 Å². The Morgan fingerprint density at radius 1 is 1.57 bits per heavy atom. The summed E-state index contributed by atoms with van der Waals surface area (Å²) in [7, 11) is 1.60. The molecule has 2 rings (SSSR count). The summed E-state index contributed by atoms with van der Waals surface area (Å²) in [6.45, 7) is 0. The second kappa shape index (κ2) is 2.97. The summed E-state index contributed by atoms with van der Waals surface area (Å²) in [6, 6.07) is 4.86. The Balaban J connectivity index is 2.76. The van der Waals surface area contributed by atoms with Gasteiger partial charge in [-0.2, -0.15) is 0 Å². The average molecular weight is 194 g/mol. The minimum Gasteiger partial charge on any atom is -0.408 e. The SMILES string of the molecule is Cn1c(=O)oc2ccc(C(N)O)cc21. The first-order chi connectivity index (χ1) is 6.59. The molecule has 0 aliphatic heterocycles. The highest BCUT2D eigenvalue weighted by Crippen LogP contribution is 2.16. The first kappa shape index (κ1) is 8.98. The molecule has 1 aromatic carbocycles. The molecule has 1 unspecified atom stereocenters. The third kappa shape index (κ3) is 1.23. The molecule has 0 bridgehead atoms. The van der Waals surface area contributed by atoms with E-state index in [0.29, 0.717) is 16.7 Å². The summed E-state index contributed by atoms with van der Waals surface area (Å²) in [6.07, 6.45) is -1.04. The highest BCUT2D eigenvalue weighted by atomic mass is 16.4. The number of oxazole rings is 1. The van der Waals surface area contributed by atoms with Gasteiger partial charge in [-0.3, -0.25) is 4.57 Å². The number of nitrogens with two attached hydrogens (primary N) is 1. The quantitative estimate of drug-likeness (QED) is 0.630. The van der Waals surface area contributed by atoms with Crippen molar-refractivity contribution < 1.29 is 9.52 Å². The number of aliphatic hydroxyl groups excluding tert-OH is 1. The van der Waals surface area contributed by atoms with Gasteiger partial charge in [-0.05, 0) is 17.7 Å². The van der Waals surface area contributed by atoms with Gasteiger partial charge < -0.3 is 15.3 Å². The van der Waals surface area contributed by atoms with Crippen LogP contribution in [0.5, 0.6) is 0 Å². The summed E-state index contributed by atoms with van der Waals surface area (Å²) >= 11 is 0. The number of aliphatic hydroxyl groups is 1. The number of aryl methyl sites for hydroxylation is 1. The number of fused-ring (bicyclic) bond motifs is 1. The third-order valence-corrected chi connectivity index (χ3v) is 2.16. The number of nitrogens with zero attached hydrogens (tertiary/aromatic N) is 1. The summed E-state index contributed by atoms with van der Waals surface area (Å²) in [5, 5.41) is 9.14. The first-order valence-electron chi connectivity index (χ1n) is 4.13. The zero-order valence-electron chi connectivity index (χ0n) is 7.60. The van der Waals surface area contributed by atoms with E-state index in [1.165, 1.54) is 4.57 Å². The molecule has 5 heteroatoms. The molecule has 0 radical (unpaired) electrons. The molecule has 0 saturated heterocycles. The smallest absolute Gasteiger partial charge is 0.408 e. The number of benzene rings is 1.